The molecule has 2 fully saturated rings. The number of halogens is 8. The number of methoxy groups -OCH3 is 1. The number of benzene rings is 2. The summed E-state index contributed by atoms with van der Waals surface area (Å²) < 4.78 is 123. The fraction of sp³-hybridized carbons (Fsp3) is 0.613. The normalized spacial score (nSPS) is 23.9. The molecule has 2 nitrogen and oxygen atoms in total. The van der Waals surface area contributed by atoms with Gasteiger partial charge in [-0.3, -0.25) is 0 Å². The van der Waals surface area contributed by atoms with Crippen LogP contribution in [0, 0.1) is 35.3 Å². The van der Waals surface area contributed by atoms with E-state index in [1.54, 1.807) is 0 Å². The zero-order valence-corrected chi connectivity index (χ0v) is 23.2. The number of hydrogen-bond acceptors (Lipinski definition) is 2. The summed E-state index contributed by atoms with van der Waals surface area (Å²) in [5, 5.41) is 0. The summed E-state index contributed by atoms with van der Waals surface area (Å²) >= 11 is 0. The molecular weight excluding hydrogens is 556 g/mol. The Kier molecular flexibility index (Phi) is 9.79. The van der Waals surface area contributed by atoms with Crippen LogP contribution in [0.2, 0.25) is 0 Å². The molecule has 2 aromatic carbocycles. The van der Waals surface area contributed by atoms with Gasteiger partial charge in [-0.1, -0.05) is 32.6 Å². The van der Waals surface area contributed by atoms with Crippen molar-refractivity contribution in [3.63, 3.8) is 0 Å². The van der Waals surface area contributed by atoms with E-state index in [0.29, 0.717) is 18.1 Å². The van der Waals surface area contributed by atoms with E-state index in [2.05, 4.69) is 11.7 Å². The van der Waals surface area contributed by atoms with E-state index >= 15 is 4.39 Å². The Balaban J connectivity index is 1.45. The summed E-state index contributed by atoms with van der Waals surface area (Å²) in [7, 11) is 0.794. The first-order valence-corrected chi connectivity index (χ1v) is 14.3. The predicted molar refractivity (Wildman–Crippen MR) is 140 cm³/mol. The molecule has 2 aliphatic carbocycles. The fourth-order valence-electron chi connectivity index (χ4n) is 6.80. The van der Waals surface area contributed by atoms with E-state index in [4.69, 9.17) is 4.74 Å². The van der Waals surface area contributed by atoms with Gasteiger partial charge in [0.25, 0.3) is 0 Å². The lowest BCUT2D eigenvalue weighted by Crippen LogP contribution is -2.27. The predicted octanol–water partition coefficient (Wildman–Crippen LogP) is 10.5. The van der Waals surface area contributed by atoms with Gasteiger partial charge in [0.2, 0.25) is 5.82 Å². The smallest absolute Gasteiger partial charge is 0.420 e. The van der Waals surface area contributed by atoms with E-state index < -0.39 is 57.7 Å². The number of alkyl halides is 6. The van der Waals surface area contributed by atoms with E-state index in [0.717, 1.165) is 56.8 Å². The van der Waals surface area contributed by atoms with Gasteiger partial charge in [-0.25, -0.2) is 4.39 Å². The van der Waals surface area contributed by atoms with Gasteiger partial charge in [-0.2, -0.15) is 30.7 Å². The molecule has 0 atom stereocenters. The molecule has 0 saturated heterocycles. The van der Waals surface area contributed by atoms with E-state index in [1.165, 1.54) is 38.5 Å². The van der Waals surface area contributed by atoms with Crippen molar-refractivity contribution >= 4 is 0 Å². The molecule has 0 bridgehead atoms. The highest BCUT2D eigenvalue weighted by Gasteiger charge is 2.48. The zero-order chi connectivity index (χ0) is 29.9. The highest BCUT2D eigenvalue weighted by Crippen LogP contribution is 2.50. The lowest BCUT2D eigenvalue weighted by atomic mass is 9.69. The summed E-state index contributed by atoms with van der Waals surface area (Å²) in [5.41, 5.74) is -6.35. The molecule has 0 spiro atoms. The van der Waals surface area contributed by atoms with Crippen molar-refractivity contribution in [3.05, 3.63) is 47.0 Å². The first kappa shape index (κ1) is 31.4. The highest BCUT2D eigenvalue weighted by molar-refractivity contribution is 5.73. The van der Waals surface area contributed by atoms with Crippen LogP contribution in [-0.4, -0.2) is 13.7 Å². The molecular formula is C31H36F8O2. The Hall–Kier alpha value is -2.52. The number of rotatable bonds is 8. The van der Waals surface area contributed by atoms with Crippen molar-refractivity contribution in [1.82, 2.24) is 0 Å². The van der Waals surface area contributed by atoms with Crippen LogP contribution in [0.1, 0.15) is 82.3 Å². The van der Waals surface area contributed by atoms with Gasteiger partial charge >= 0.3 is 12.4 Å². The van der Waals surface area contributed by atoms with Crippen LogP contribution in [-0.2, 0) is 12.4 Å². The second kappa shape index (κ2) is 12.8. The minimum Gasteiger partial charge on any atom is -0.496 e. The third-order valence-corrected chi connectivity index (χ3v) is 8.91. The van der Waals surface area contributed by atoms with Crippen molar-refractivity contribution in [1.29, 1.82) is 0 Å². The largest absolute Gasteiger partial charge is 0.496 e. The lowest BCUT2D eigenvalue weighted by Gasteiger charge is -2.37. The van der Waals surface area contributed by atoms with Crippen LogP contribution in [0.15, 0.2) is 24.3 Å². The first-order chi connectivity index (χ1) is 19.3. The average molecular weight is 593 g/mol. The van der Waals surface area contributed by atoms with Gasteiger partial charge in [0.15, 0.2) is 11.6 Å². The maximum Gasteiger partial charge on any atom is 0.420 e. The first-order valence-electron chi connectivity index (χ1n) is 14.3. The Bertz CT molecular complexity index is 1170. The number of hydrogen-bond donors (Lipinski definition) is 0. The maximum absolute atomic E-state index is 15.1. The number of ether oxygens (including phenoxy) is 2. The van der Waals surface area contributed by atoms with Gasteiger partial charge in [0.1, 0.15) is 11.3 Å². The van der Waals surface area contributed by atoms with Gasteiger partial charge in [0, 0.05) is 5.56 Å². The molecule has 2 aliphatic rings. The topological polar surface area (TPSA) is 18.5 Å². The Morgan fingerprint density at radius 3 is 1.68 bits per heavy atom. The SMILES string of the molecule is CCCC1CCC(C2CCC(COc3ccc(-c4ccc(OC)c(C(F)(F)F)c4C(F)(F)F)c(F)c3F)CC2)CC1. The van der Waals surface area contributed by atoms with Crippen molar-refractivity contribution in [2.75, 3.05) is 13.7 Å². The fourth-order valence-corrected chi connectivity index (χ4v) is 6.80. The Morgan fingerprint density at radius 1 is 0.659 bits per heavy atom. The van der Waals surface area contributed by atoms with Crippen molar-refractivity contribution < 1.29 is 44.6 Å². The average Bonchev–Trinajstić information content (AvgIpc) is 2.93. The molecule has 4 rings (SSSR count). The quantitative estimate of drug-likeness (QED) is 0.284. The third-order valence-electron chi connectivity index (χ3n) is 8.91. The molecule has 0 radical (unpaired) electrons. The lowest BCUT2D eigenvalue weighted by molar-refractivity contribution is -0.162. The molecule has 0 amide bonds. The molecule has 2 saturated carbocycles. The van der Waals surface area contributed by atoms with Crippen LogP contribution < -0.4 is 9.47 Å². The van der Waals surface area contributed by atoms with Crippen LogP contribution in [0.5, 0.6) is 11.5 Å². The molecule has 0 N–H and O–H groups in total. The van der Waals surface area contributed by atoms with Gasteiger partial charge in [0.05, 0.1) is 19.3 Å². The standard InChI is InChI=1S/C31H36F8O2/c1-3-4-18-5-9-20(10-6-18)21-11-7-19(8-12-21)17-41-25-16-14-23(28(32)29(25)33)22-13-15-24(40-2)27(31(37,38)39)26(22)30(34,35)36/h13-16,18-21H,3-12,17H2,1-2H3. The summed E-state index contributed by atoms with van der Waals surface area (Å²) in [6, 6.07) is 3.08. The van der Waals surface area contributed by atoms with Crippen LogP contribution in [0.25, 0.3) is 11.1 Å². The molecule has 2 aromatic rings. The zero-order valence-electron chi connectivity index (χ0n) is 23.2. The minimum absolute atomic E-state index is 0.125. The summed E-state index contributed by atoms with van der Waals surface area (Å²) in [6.07, 6.45) is 0.532. The van der Waals surface area contributed by atoms with Crippen LogP contribution >= 0.6 is 0 Å². The Morgan fingerprint density at radius 2 is 1.17 bits per heavy atom. The minimum atomic E-state index is -5.53. The highest BCUT2D eigenvalue weighted by atomic mass is 19.4. The van der Waals surface area contributed by atoms with E-state index in [9.17, 15) is 30.7 Å². The summed E-state index contributed by atoms with van der Waals surface area (Å²) in [6.45, 7) is 2.35. The second-order valence-corrected chi connectivity index (χ2v) is 11.5. The summed E-state index contributed by atoms with van der Waals surface area (Å²) in [4.78, 5) is 0. The second-order valence-electron chi connectivity index (χ2n) is 11.5. The van der Waals surface area contributed by atoms with Crippen LogP contribution in [0.4, 0.5) is 35.1 Å². The molecule has 0 aliphatic heterocycles. The van der Waals surface area contributed by atoms with E-state index in [-0.39, 0.29) is 12.5 Å². The van der Waals surface area contributed by atoms with Crippen molar-refractivity contribution in [2.24, 2.45) is 23.7 Å². The van der Waals surface area contributed by atoms with Gasteiger partial charge in [-0.15, -0.1) is 0 Å². The van der Waals surface area contributed by atoms with Crippen LogP contribution in [0.3, 0.4) is 0 Å². The molecule has 0 heterocycles. The molecule has 0 unspecified atom stereocenters. The Labute approximate surface area is 235 Å². The molecule has 10 heteroatoms. The van der Waals surface area contributed by atoms with Gasteiger partial charge < -0.3 is 9.47 Å². The van der Waals surface area contributed by atoms with Crippen molar-refractivity contribution in [2.45, 2.75) is 83.5 Å². The van der Waals surface area contributed by atoms with E-state index in [1.807, 2.05) is 0 Å². The van der Waals surface area contributed by atoms with Crippen molar-refractivity contribution in [3.8, 4) is 22.6 Å². The monoisotopic (exact) mass is 592 g/mol. The summed E-state index contributed by atoms with van der Waals surface area (Å²) in [5.74, 6) is -2.44. The molecule has 228 valence electrons. The molecule has 41 heavy (non-hydrogen) atoms. The third kappa shape index (κ3) is 7.11. The maximum atomic E-state index is 15.1. The molecule has 0 aromatic heterocycles. The van der Waals surface area contributed by atoms with Gasteiger partial charge in [-0.05, 0) is 92.0 Å².